The van der Waals surface area contributed by atoms with Crippen LogP contribution in [0, 0.1) is 12.3 Å². The SMILES string of the molecule is Cc1ccc(N2CCCC(C)(C)C2)c(CNC(C)(C)C)c1. The van der Waals surface area contributed by atoms with Gasteiger partial charge < -0.3 is 10.2 Å². The van der Waals surface area contributed by atoms with E-state index in [1.807, 2.05) is 0 Å². The number of benzene rings is 1. The highest BCUT2D eigenvalue weighted by Gasteiger charge is 2.27. The third-order valence-corrected chi connectivity index (χ3v) is 4.29. The molecule has 0 atom stereocenters. The fourth-order valence-electron chi connectivity index (χ4n) is 3.15. The molecule has 0 amide bonds. The summed E-state index contributed by atoms with van der Waals surface area (Å²) in [7, 11) is 0. The maximum absolute atomic E-state index is 3.64. The Bertz CT molecular complexity index is 483. The van der Waals surface area contributed by atoms with Gasteiger partial charge in [0.05, 0.1) is 0 Å². The van der Waals surface area contributed by atoms with Gasteiger partial charge in [-0.25, -0.2) is 0 Å². The van der Waals surface area contributed by atoms with Gasteiger partial charge in [-0.3, -0.25) is 0 Å². The molecule has 1 fully saturated rings. The molecule has 2 rings (SSSR count). The summed E-state index contributed by atoms with van der Waals surface area (Å²) < 4.78 is 0. The summed E-state index contributed by atoms with van der Waals surface area (Å²) >= 11 is 0. The van der Waals surface area contributed by atoms with Crippen LogP contribution in [0.3, 0.4) is 0 Å². The van der Waals surface area contributed by atoms with Crippen molar-refractivity contribution in [3.8, 4) is 0 Å². The molecule has 0 saturated carbocycles. The average Bonchev–Trinajstić information content (AvgIpc) is 2.34. The van der Waals surface area contributed by atoms with Crippen LogP contribution in [0.5, 0.6) is 0 Å². The Morgan fingerprint density at radius 3 is 2.57 bits per heavy atom. The average molecular weight is 288 g/mol. The van der Waals surface area contributed by atoms with Gasteiger partial charge in [-0.05, 0) is 57.6 Å². The minimum atomic E-state index is 0.155. The summed E-state index contributed by atoms with van der Waals surface area (Å²) in [5.74, 6) is 0. The monoisotopic (exact) mass is 288 g/mol. The van der Waals surface area contributed by atoms with Gasteiger partial charge >= 0.3 is 0 Å². The fourth-order valence-corrected chi connectivity index (χ4v) is 3.15. The molecular weight excluding hydrogens is 256 g/mol. The van der Waals surface area contributed by atoms with Gasteiger partial charge in [0.25, 0.3) is 0 Å². The molecule has 0 unspecified atom stereocenters. The smallest absolute Gasteiger partial charge is 0.0412 e. The van der Waals surface area contributed by atoms with Crippen LogP contribution >= 0.6 is 0 Å². The number of nitrogens with zero attached hydrogens (tertiary/aromatic N) is 1. The molecule has 0 radical (unpaired) electrons. The Morgan fingerprint density at radius 2 is 1.95 bits per heavy atom. The largest absolute Gasteiger partial charge is 0.371 e. The van der Waals surface area contributed by atoms with E-state index < -0.39 is 0 Å². The van der Waals surface area contributed by atoms with E-state index in [0.29, 0.717) is 5.41 Å². The minimum absolute atomic E-state index is 0.155. The number of rotatable bonds is 3. The molecule has 1 saturated heterocycles. The molecule has 0 aromatic heterocycles. The van der Waals surface area contributed by atoms with E-state index >= 15 is 0 Å². The minimum Gasteiger partial charge on any atom is -0.371 e. The molecule has 1 N–H and O–H groups in total. The molecule has 1 aliphatic heterocycles. The Balaban J connectivity index is 2.22. The van der Waals surface area contributed by atoms with E-state index in [2.05, 4.69) is 70.0 Å². The van der Waals surface area contributed by atoms with E-state index in [-0.39, 0.29) is 5.54 Å². The lowest BCUT2D eigenvalue weighted by molar-refractivity contribution is 0.292. The van der Waals surface area contributed by atoms with Crippen molar-refractivity contribution in [3.05, 3.63) is 29.3 Å². The second kappa shape index (κ2) is 6.00. The van der Waals surface area contributed by atoms with Crippen molar-refractivity contribution in [1.29, 1.82) is 0 Å². The third-order valence-electron chi connectivity index (χ3n) is 4.29. The van der Waals surface area contributed by atoms with Gasteiger partial charge in [-0.1, -0.05) is 31.5 Å². The molecule has 118 valence electrons. The van der Waals surface area contributed by atoms with E-state index in [1.165, 1.54) is 42.7 Å². The number of piperidine rings is 1. The van der Waals surface area contributed by atoms with Crippen molar-refractivity contribution in [3.63, 3.8) is 0 Å². The summed E-state index contributed by atoms with van der Waals surface area (Å²) in [5.41, 5.74) is 4.79. The maximum atomic E-state index is 3.64. The second-order valence-corrected chi connectivity index (χ2v) is 8.43. The summed E-state index contributed by atoms with van der Waals surface area (Å²) in [6.07, 6.45) is 2.64. The predicted molar refractivity (Wildman–Crippen MR) is 93.0 cm³/mol. The summed E-state index contributed by atoms with van der Waals surface area (Å²) in [6, 6.07) is 6.91. The van der Waals surface area contributed by atoms with Crippen molar-refractivity contribution in [2.45, 2.75) is 66.5 Å². The molecule has 2 nitrogen and oxygen atoms in total. The number of hydrogen-bond acceptors (Lipinski definition) is 2. The van der Waals surface area contributed by atoms with Crippen LogP contribution in [0.4, 0.5) is 5.69 Å². The van der Waals surface area contributed by atoms with Gasteiger partial charge in [0, 0.05) is 30.9 Å². The van der Waals surface area contributed by atoms with E-state index in [1.54, 1.807) is 0 Å². The highest BCUT2D eigenvalue weighted by Crippen LogP contribution is 2.33. The normalized spacial score (nSPS) is 18.9. The van der Waals surface area contributed by atoms with Crippen LogP contribution in [0.2, 0.25) is 0 Å². The van der Waals surface area contributed by atoms with Crippen LogP contribution in [-0.4, -0.2) is 18.6 Å². The van der Waals surface area contributed by atoms with Crippen molar-refractivity contribution < 1.29 is 0 Å². The zero-order chi connectivity index (χ0) is 15.7. The van der Waals surface area contributed by atoms with Crippen LogP contribution in [0.15, 0.2) is 18.2 Å². The van der Waals surface area contributed by atoms with Gasteiger partial charge in [-0.2, -0.15) is 0 Å². The van der Waals surface area contributed by atoms with Gasteiger partial charge in [0.1, 0.15) is 0 Å². The lowest BCUT2D eigenvalue weighted by Crippen LogP contribution is -2.41. The highest BCUT2D eigenvalue weighted by molar-refractivity contribution is 5.55. The van der Waals surface area contributed by atoms with Crippen LogP contribution in [0.1, 0.15) is 58.6 Å². The molecule has 0 bridgehead atoms. The highest BCUT2D eigenvalue weighted by atomic mass is 15.1. The number of hydrogen-bond donors (Lipinski definition) is 1. The van der Waals surface area contributed by atoms with Gasteiger partial charge in [-0.15, -0.1) is 0 Å². The first-order valence-corrected chi connectivity index (χ1v) is 8.26. The Morgan fingerprint density at radius 1 is 1.24 bits per heavy atom. The fraction of sp³-hybridized carbons (Fsp3) is 0.684. The lowest BCUT2D eigenvalue weighted by atomic mass is 9.83. The van der Waals surface area contributed by atoms with E-state index in [0.717, 1.165) is 6.54 Å². The standard InChI is InChI=1S/C19H32N2/c1-15-8-9-17(16(12-15)13-20-18(2,3)4)21-11-7-10-19(5,6)14-21/h8-9,12,20H,7,10-11,13-14H2,1-6H3. The molecule has 1 heterocycles. The molecular formula is C19H32N2. The first-order valence-electron chi connectivity index (χ1n) is 8.26. The number of nitrogens with one attached hydrogen (secondary N) is 1. The van der Waals surface area contributed by atoms with Crippen LogP contribution in [0.25, 0.3) is 0 Å². The molecule has 1 aliphatic rings. The van der Waals surface area contributed by atoms with Crippen molar-refractivity contribution >= 4 is 5.69 Å². The lowest BCUT2D eigenvalue weighted by Gasteiger charge is -2.40. The molecule has 1 aromatic carbocycles. The van der Waals surface area contributed by atoms with E-state index in [4.69, 9.17) is 0 Å². The second-order valence-electron chi connectivity index (χ2n) is 8.43. The molecule has 21 heavy (non-hydrogen) atoms. The van der Waals surface area contributed by atoms with Crippen molar-refractivity contribution in [2.75, 3.05) is 18.0 Å². The first kappa shape index (κ1) is 16.4. The topological polar surface area (TPSA) is 15.3 Å². The molecule has 1 aromatic rings. The summed E-state index contributed by atoms with van der Waals surface area (Å²) in [4.78, 5) is 2.59. The summed E-state index contributed by atoms with van der Waals surface area (Å²) in [5, 5.41) is 3.64. The Labute approximate surface area is 130 Å². The molecule has 0 aliphatic carbocycles. The first-order chi connectivity index (χ1) is 9.66. The van der Waals surface area contributed by atoms with Crippen LogP contribution < -0.4 is 10.2 Å². The quantitative estimate of drug-likeness (QED) is 0.880. The summed E-state index contributed by atoms with van der Waals surface area (Å²) in [6.45, 7) is 16.9. The van der Waals surface area contributed by atoms with Crippen molar-refractivity contribution in [1.82, 2.24) is 5.32 Å². The predicted octanol–water partition coefficient (Wildman–Crippen LogP) is 4.51. The van der Waals surface area contributed by atoms with Gasteiger partial charge in [0.15, 0.2) is 0 Å². The molecule has 2 heteroatoms. The molecule has 0 spiro atoms. The van der Waals surface area contributed by atoms with Gasteiger partial charge in [0.2, 0.25) is 0 Å². The maximum Gasteiger partial charge on any atom is 0.0412 e. The Hall–Kier alpha value is -1.02. The Kier molecular flexibility index (Phi) is 4.67. The number of aryl methyl sites for hydroxylation is 1. The van der Waals surface area contributed by atoms with Crippen LogP contribution in [-0.2, 0) is 6.54 Å². The van der Waals surface area contributed by atoms with Crippen molar-refractivity contribution in [2.24, 2.45) is 5.41 Å². The zero-order valence-electron chi connectivity index (χ0n) is 14.7. The van der Waals surface area contributed by atoms with E-state index in [9.17, 15) is 0 Å². The zero-order valence-corrected chi connectivity index (χ0v) is 14.7. The number of anilines is 1. The third kappa shape index (κ3) is 4.74.